The SMILES string of the molecule is CC(=O)c1ccc(Nc2nc(C)cc(NCCc3ccc(Cl)cc3)n2)cc1. The Morgan fingerprint density at radius 1 is 1.04 bits per heavy atom. The Morgan fingerprint density at radius 2 is 1.74 bits per heavy atom. The molecule has 2 N–H and O–H groups in total. The first kappa shape index (κ1) is 18.9. The highest BCUT2D eigenvalue weighted by molar-refractivity contribution is 6.30. The van der Waals surface area contributed by atoms with Gasteiger partial charge in [0.05, 0.1) is 0 Å². The molecule has 2 aromatic carbocycles. The molecule has 0 aliphatic carbocycles. The monoisotopic (exact) mass is 380 g/mol. The minimum absolute atomic E-state index is 0.0422. The summed E-state index contributed by atoms with van der Waals surface area (Å²) in [5, 5.41) is 7.25. The summed E-state index contributed by atoms with van der Waals surface area (Å²) in [7, 11) is 0. The topological polar surface area (TPSA) is 66.9 Å². The fourth-order valence-corrected chi connectivity index (χ4v) is 2.74. The van der Waals surface area contributed by atoms with Gasteiger partial charge in [0, 0.05) is 34.6 Å². The van der Waals surface area contributed by atoms with Gasteiger partial charge in [0.2, 0.25) is 5.95 Å². The lowest BCUT2D eigenvalue weighted by molar-refractivity contribution is 0.101. The number of carbonyl (C=O) groups is 1. The maximum atomic E-state index is 11.4. The quantitative estimate of drug-likeness (QED) is 0.562. The first-order valence-corrected chi connectivity index (χ1v) is 9.09. The second kappa shape index (κ2) is 8.64. The van der Waals surface area contributed by atoms with E-state index in [0.29, 0.717) is 11.5 Å². The molecule has 0 aliphatic rings. The fraction of sp³-hybridized carbons (Fsp3) is 0.190. The number of nitrogens with one attached hydrogen (secondary N) is 2. The molecule has 0 unspecified atom stereocenters. The molecule has 0 bridgehead atoms. The number of halogens is 1. The third-order valence-electron chi connectivity index (χ3n) is 4.03. The van der Waals surface area contributed by atoms with Crippen molar-refractivity contribution in [3.8, 4) is 0 Å². The number of rotatable bonds is 7. The van der Waals surface area contributed by atoms with E-state index in [1.54, 1.807) is 19.1 Å². The number of nitrogens with zero attached hydrogens (tertiary/aromatic N) is 2. The standard InChI is InChI=1S/C21H21ClN4O/c1-14-13-20(23-12-11-16-3-7-18(22)8-4-16)26-21(24-14)25-19-9-5-17(6-10-19)15(2)27/h3-10,13H,11-12H2,1-2H3,(H2,23,24,25,26). The van der Waals surface area contributed by atoms with Crippen LogP contribution in [0.4, 0.5) is 17.5 Å². The molecule has 3 rings (SSSR count). The van der Waals surface area contributed by atoms with Crippen molar-refractivity contribution in [2.24, 2.45) is 0 Å². The molecule has 0 atom stereocenters. The highest BCUT2D eigenvalue weighted by Gasteiger charge is 2.04. The normalized spacial score (nSPS) is 10.5. The van der Waals surface area contributed by atoms with Gasteiger partial charge in [0.15, 0.2) is 5.78 Å². The molecule has 0 radical (unpaired) electrons. The van der Waals surface area contributed by atoms with Gasteiger partial charge in [0.1, 0.15) is 5.82 Å². The van der Waals surface area contributed by atoms with Crippen LogP contribution >= 0.6 is 11.6 Å². The third-order valence-corrected chi connectivity index (χ3v) is 4.29. The first-order chi connectivity index (χ1) is 13.0. The summed E-state index contributed by atoms with van der Waals surface area (Å²) in [6.07, 6.45) is 0.871. The van der Waals surface area contributed by atoms with Crippen LogP contribution in [0.15, 0.2) is 54.6 Å². The molecule has 6 heteroatoms. The highest BCUT2D eigenvalue weighted by Crippen LogP contribution is 2.17. The van der Waals surface area contributed by atoms with Gasteiger partial charge >= 0.3 is 0 Å². The molecule has 0 saturated carbocycles. The van der Waals surface area contributed by atoms with Crippen molar-refractivity contribution in [2.45, 2.75) is 20.3 Å². The molecular formula is C21H21ClN4O. The third kappa shape index (κ3) is 5.53. The molecule has 0 amide bonds. The van der Waals surface area contributed by atoms with E-state index < -0.39 is 0 Å². The van der Waals surface area contributed by atoms with Gasteiger partial charge in [-0.1, -0.05) is 23.7 Å². The number of aromatic nitrogens is 2. The Bertz CT molecular complexity index is 924. The Kier molecular flexibility index (Phi) is 6.04. The van der Waals surface area contributed by atoms with E-state index in [9.17, 15) is 4.79 Å². The molecule has 138 valence electrons. The van der Waals surface area contributed by atoms with Crippen LogP contribution in [0.25, 0.3) is 0 Å². The van der Waals surface area contributed by atoms with Gasteiger partial charge in [-0.3, -0.25) is 4.79 Å². The molecule has 1 aromatic heterocycles. The molecule has 0 saturated heterocycles. The van der Waals surface area contributed by atoms with Crippen molar-refractivity contribution in [2.75, 3.05) is 17.2 Å². The van der Waals surface area contributed by atoms with E-state index in [0.717, 1.165) is 35.2 Å². The summed E-state index contributed by atoms with van der Waals surface area (Å²) >= 11 is 5.91. The summed E-state index contributed by atoms with van der Waals surface area (Å²) in [5.41, 5.74) is 3.58. The average molecular weight is 381 g/mol. The van der Waals surface area contributed by atoms with Crippen molar-refractivity contribution in [3.05, 3.63) is 76.4 Å². The summed E-state index contributed by atoms with van der Waals surface area (Å²) in [6.45, 7) is 4.23. The fourth-order valence-electron chi connectivity index (χ4n) is 2.62. The van der Waals surface area contributed by atoms with Crippen LogP contribution in [0.1, 0.15) is 28.5 Å². The lowest BCUT2D eigenvalue weighted by atomic mass is 10.1. The van der Waals surface area contributed by atoms with Gasteiger partial charge in [-0.15, -0.1) is 0 Å². The smallest absolute Gasteiger partial charge is 0.229 e. The van der Waals surface area contributed by atoms with Crippen LogP contribution in [0, 0.1) is 6.92 Å². The van der Waals surface area contributed by atoms with Crippen LogP contribution < -0.4 is 10.6 Å². The predicted molar refractivity (Wildman–Crippen MR) is 110 cm³/mol. The number of Topliss-reactive ketones (excluding diaryl/α,β-unsaturated/α-hetero) is 1. The maximum absolute atomic E-state index is 11.4. The molecule has 5 nitrogen and oxygen atoms in total. The largest absolute Gasteiger partial charge is 0.370 e. The molecular weight excluding hydrogens is 360 g/mol. The molecule has 1 heterocycles. The number of aryl methyl sites for hydroxylation is 1. The van der Waals surface area contributed by atoms with E-state index in [2.05, 4.69) is 20.6 Å². The van der Waals surface area contributed by atoms with Gasteiger partial charge in [-0.25, -0.2) is 4.98 Å². The second-order valence-electron chi connectivity index (χ2n) is 6.28. The van der Waals surface area contributed by atoms with Gasteiger partial charge in [-0.05, 0) is 62.2 Å². The molecule has 0 aliphatic heterocycles. The zero-order valence-corrected chi connectivity index (χ0v) is 16.0. The van der Waals surface area contributed by atoms with E-state index >= 15 is 0 Å². The maximum Gasteiger partial charge on any atom is 0.229 e. The zero-order chi connectivity index (χ0) is 19.2. The molecule has 0 fully saturated rings. The lowest BCUT2D eigenvalue weighted by Crippen LogP contribution is -2.08. The number of hydrogen-bond acceptors (Lipinski definition) is 5. The van der Waals surface area contributed by atoms with Crippen molar-refractivity contribution in [1.29, 1.82) is 0 Å². The predicted octanol–water partition coefficient (Wildman–Crippen LogP) is 5.04. The minimum atomic E-state index is 0.0422. The van der Waals surface area contributed by atoms with Crippen molar-refractivity contribution in [3.63, 3.8) is 0 Å². The van der Waals surface area contributed by atoms with Crippen LogP contribution in [0.3, 0.4) is 0 Å². The first-order valence-electron chi connectivity index (χ1n) is 8.71. The summed E-state index contributed by atoms with van der Waals surface area (Å²) < 4.78 is 0. The van der Waals surface area contributed by atoms with Gasteiger partial charge in [-0.2, -0.15) is 4.98 Å². The Morgan fingerprint density at radius 3 is 2.41 bits per heavy atom. The van der Waals surface area contributed by atoms with E-state index in [-0.39, 0.29) is 5.78 Å². The molecule has 3 aromatic rings. The van der Waals surface area contributed by atoms with E-state index in [1.165, 1.54) is 5.56 Å². The van der Waals surface area contributed by atoms with Crippen LogP contribution in [0.5, 0.6) is 0 Å². The summed E-state index contributed by atoms with van der Waals surface area (Å²) in [5.74, 6) is 1.32. The van der Waals surface area contributed by atoms with Gasteiger partial charge < -0.3 is 10.6 Å². The number of ketones is 1. The summed E-state index contributed by atoms with van der Waals surface area (Å²) in [4.78, 5) is 20.3. The van der Waals surface area contributed by atoms with Crippen molar-refractivity contribution in [1.82, 2.24) is 9.97 Å². The summed E-state index contributed by atoms with van der Waals surface area (Å²) in [6, 6.07) is 17.0. The van der Waals surface area contributed by atoms with E-state index in [4.69, 9.17) is 11.6 Å². The van der Waals surface area contributed by atoms with Crippen LogP contribution in [0.2, 0.25) is 5.02 Å². The average Bonchev–Trinajstić information content (AvgIpc) is 2.63. The zero-order valence-electron chi connectivity index (χ0n) is 15.3. The van der Waals surface area contributed by atoms with E-state index in [1.807, 2.05) is 49.4 Å². The number of benzene rings is 2. The van der Waals surface area contributed by atoms with Crippen molar-refractivity contribution >= 4 is 34.8 Å². The van der Waals surface area contributed by atoms with Gasteiger partial charge in [0.25, 0.3) is 0 Å². The number of carbonyl (C=O) groups excluding carboxylic acids is 1. The molecule has 0 spiro atoms. The van der Waals surface area contributed by atoms with Crippen molar-refractivity contribution < 1.29 is 4.79 Å². The Labute approximate surface area is 163 Å². The lowest BCUT2D eigenvalue weighted by Gasteiger charge is -2.10. The highest BCUT2D eigenvalue weighted by atomic mass is 35.5. The second-order valence-corrected chi connectivity index (χ2v) is 6.72. The number of hydrogen-bond donors (Lipinski definition) is 2. The Hall–Kier alpha value is -2.92. The minimum Gasteiger partial charge on any atom is -0.370 e. The number of anilines is 3. The Balaban J connectivity index is 1.63. The van der Waals surface area contributed by atoms with Crippen LogP contribution in [-0.2, 0) is 6.42 Å². The molecule has 27 heavy (non-hydrogen) atoms. The van der Waals surface area contributed by atoms with Crippen LogP contribution in [-0.4, -0.2) is 22.3 Å².